The Bertz CT molecular complexity index is 144. The summed E-state index contributed by atoms with van der Waals surface area (Å²) in [7, 11) is 0. The van der Waals surface area contributed by atoms with Crippen molar-refractivity contribution in [2.45, 2.75) is 6.92 Å². The zero-order valence-electron chi connectivity index (χ0n) is 10.8. The van der Waals surface area contributed by atoms with Gasteiger partial charge in [-0.3, -0.25) is 0 Å². The summed E-state index contributed by atoms with van der Waals surface area (Å²) in [4.78, 5) is 0. The summed E-state index contributed by atoms with van der Waals surface area (Å²) in [6.45, 7) is 6.90. The van der Waals surface area contributed by atoms with Crippen LogP contribution in [0.4, 0.5) is 0 Å². The molecule has 0 radical (unpaired) electrons. The average Bonchev–Trinajstić information content (AvgIpc) is 2.30. The van der Waals surface area contributed by atoms with E-state index in [4.69, 9.17) is 31.4 Å². The lowest BCUT2D eigenvalue weighted by Crippen LogP contribution is -2.36. The summed E-state index contributed by atoms with van der Waals surface area (Å²) in [5.41, 5.74) is 16.0. The van der Waals surface area contributed by atoms with Crippen LogP contribution in [0.3, 0.4) is 0 Å². The maximum atomic E-state index is 5.46. The van der Waals surface area contributed by atoms with Crippen LogP contribution in [0.2, 0.25) is 0 Å². The molecule has 6 nitrogen and oxygen atoms in total. The van der Waals surface area contributed by atoms with Gasteiger partial charge in [-0.2, -0.15) is 0 Å². The van der Waals surface area contributed by atoms with Crippen LogP contribution < -0.4 is 17.2 Å². The van der Waals surface area contributed by atoms with Gasteiger partial charge in [-0.05, 0) is 0 Å². The van der Waals surface area contributed by atoms with Gasteiger partial charge in [-0.1, -0.05) is 6.92 Å². The molecule has 0 fully saturated rings. The minimum atomic E-state index is -0.181. The van der Waals surface area contributed by atoms with Crippen molar-refractivity contribution in [3.05, 3.63) is 0 Å². The third-order valence-corrected chi connectivity index (χ3v) is 2.14. The molecule has 0 amide bonds. The monoisotopic (exact) mass is 249 g/mol. The Morgan fingerprint density at radius 3 is 1.24 bits per heavy atom. The van der Waals surface area contributed by atoms with E-state index in [1.54, 1.807) is 0 Å². The molecule has 0 saturated heterocycles. The topological polar surface area (TPSA) is 106 Å². The molecule has 0 aromatic carbocycles. The third kappa shape index (κ3) is 9.46. The fourth-order valence-electron chi connectivity index (χ4n) is 1.33. The summed E-state index contributed by atoms with van der Waals surface area (Å²) in [6.07, 6.45) is 0. The third-order valence-electron chi connectivity index (χ3n) is 2.14. The molecule has 104 valence electrons. The summed E-state index contributed by atoms with van der Waals surface area (Å²) >= 11 is 0. The highest BCUT2D eigenvalue weighted by atomic mass is 16.5. The molecule has 17 heavy (non-hydrogen) atoms. The van der Waals surface area contributed by atoms with Crippen LogP contribution in [0.5, 0.6) is 0 Å². The molecule has 0 aromatic rings. The molecular formula is C11H27N3O3. The molecule has 0 bridgehead atoms. The van der Waals surface area contributed by atoms with E-state index < -0.39 is 0 Å². The predicted molar refractivity (Wildman–Crippen MR) is 67.7 cm³/mol. The van der Waals surface area contributed by atoms with Crippen molar-refractivity contribution in [2.24, 2.45) is 22.6 Å². The van der Waals surface area contributed by atoms with E-state index >= 15 is 0 Å². The minimum Gasteiger partial charge on any atom is -0.379 e. The van der Waals surface area contributed by atoms with Crippen LogP contribution in [0, 0.1) is 5.41 Å². The maximum absolute atomic E-state index is 5.46. The highest BCUT2D eigenvalue weighted by Gasteiger charge is 2.25. The van der Waals surface area contributed by atoms with Gasteiger partial charge < -0.3 is 31.4 Å². The summed E-state index contributed by atoms with van der Waals surface area (Å²) in [5.74, 6) is 0. The second kappa shape index (κ2) is 10.9. The van der Waals surface area contributed by atoms with Crippen LogP contribution in [0.25, 0.3) is 0 Å². The smallest absolute Gasteiger partial charge is 0.0589 e. The first kappa shape index (κ1) is 16.8. The van der Waals surface area contributed by atoms with Gasteiger partial charge in [-0.25, -0.2) is 0 Å². The number of nitrogens with two attached hydrogens (primary N) is 3. The van der Waals surface area contributed by atoms with Crippen molar-refractivity contribution >= 4 is 0 Å². The Hall–Kier alpha value is -0.240. The fraction of sp³-hybridized carbons (Fsp3) is 1.00. The largest absolute Gasteiger partial charge is 0.379 e. The second-order valence-electron chi connectivity index (χ2n) is 4.33. The van der Waals surface area contributed by atoms with Gasteiger partial charge in [0.25, 0.3) is 0 Å². The van der Waals surface area contributed by atoms with Crippen LogP contribution in [0.1, 0.15) is 6.92 Å². The van der Waals surface area contributed by atoms with Crippen LogP contribution in [-0.2, 0) is 14.2 Å². The van der Waals surface area contributed by atoms with Gasteiger partial charge in [0, 0.05) is 25.0 Å². The van der Waals surface area contributed by atoms with E-state index in [1.807, 2.05) is 0 Å². The van der Waals surface area contributed by atoms with Crippen molar-refractivity contribution in [1.82, 2.24) is 0 Å². The van der Waals surface area contributed by atoms with E-state index in [-0.39, 0.29) is 5.41 Å². The van der Waals surface area contributed by atoms with Crippen LogP contribution in [-0.4, -0.2) is 59.3 Å². The summed E-state index contributed by atoms with van der Waals surface area (Å²) < 4.78 is 16.4. The van der Waals surface area contributed by atoms with Gasteiger partial charge >= 0.3 is 0 Å². The molecule has 0 spiro atoms. The van der Waals surface area contributed by atoms with Crippen molar-refractivity contribution in [3.63, 3.8) is 0 Å². The van der Waals surface area contributed by atoms with Crippen LogP contribution in [0.15, 0.2) is 0 Å². The number of ether oxygens (including phenoxy) is 3. The number of hydrogen-bond acceptors (Lipinski definition) is 6. The zero-order chi connectivity index (χ0) is 13.0. The lowest BCUT2D eigenvalue weighted by atomic mass is 9.94. The quantitative estimate of drug-likeness (QED) is 0.380. The molecule has 0 aliphatic rings. The van der Waals surface area contributed by atoms with E-state index in [9.17, 15) is 0 Å². The highest BCUT2D eigenvalue weighted by molar-refractivity contribution is 4.73. The standard InChI is InChI=1S/C11H27N3O3/c1-11(8-15-5-2-12,9-16-6-3-13)10-17-7-4-14/h2-10,12-14H2,1H3. The Kier molecular flexibility index (Phi) is 10.7. The molecule has 0 rings (SSSR count). The van der Waals surface area contributed by atoms with Gasteiger partial charge in [0.2, 0.25) is 0 Å². The first-order chi connectivity index (χ1) is 8.18. The van der Waals surface area contributed by atoms with E-state index in [2.05, 4.69) is 6.92 Å². The molecular weight excluding hydrogens is 222 g/mol. The molecule has 0 aromatic heterocycles. The molecule has 0 unspecified atom stereocenters. The molecule has 0 aliphatic heterocycles. The maximum Gasteiger partial charge on any atom is 0.0589 e. The fourth-order valence-corrected chi connectivity index (χ4v) is 1.33. The SMILES string of the molecule is CC(COCCN)(COCCN)COCCN. The first-order valence-corrected chi connectivity index (χ1v) is 6.02. The highest BCUT2D eigenvalue weighted by Crippen LogP contribution is 2.18. The molecule has 6 N–H and O–H groups in total. The van der Waals surface area contributed by atoms with Crippen molar-refractivity contribution < 1.29 is 14.2 Å². The lowest BCUT2D eigenvalue weighted by Gasteiger charge is -2.28. The van der Waals surface area contributed by atoms with Crippen LogP contribution >= 0.6 is 0 Å². The molecule has 0 saturated carbocycles. The van der Waals surface area contributed by atoms with Gasteiger partial charge in [0.15, 0.2) is 0 Å². The molecule has 0 atom stereocenters. The lowest BCUT2D eigenvalue weighted by molar-refractivity contribution is -0.0563. The van der Waals surface area contributed by atoms with Gasteiger partial charge in [0.1, 0.15) is 0 Å². The number of rotatable bonds is 12. The molecule has 6 heteroatoms. The van der Waals surface area contributed by atoms with Crippen molar-refractivity contribution in [3.8, 4) is 0 Å². The number of hydrogen-bond donors (Lipinski definition) is 3. The second-order valence-corrected chi connectivity index (χ2v) is 4.33. The van der Waals surface area contributed by atoms with E-state index in [1.165, 1.54) is 0 Å². The van der Waals surface area contributed by atoms with Gasteiger partial charge in [-0.15, -0.1) is 0 Å². The Morgan fingerprint density at radius 2 is 1.00 bits per heavy atom. The van der Waals surface area contributed by atoms with Crippen molar-refractivity contribution in [2.75, 3.05) is 59.3 Å². The Morgan fingerprint density at radius 1 is 0.706 bits per heavy atom. The summed E-state index contributed by atoms with van der Waals surface area (Å²) in [6, 6.07) is 0. The van der Waals surface area contributed by atoms with Gasteiger partial charge in [0.05, 0.1) is 39.6 Å². The predicted octanol–water partition coefficient (Wildman–Crippen LogP) is -1.08. The van der Waals surface area contributed by atoms with E-state index in [0.717, 1.165) is 0 Å². The average molecular weight is 249 g/mol. The Balaban J connectivity index is 3.95. The minimum absolute atomic E-state index is 0.181. The molecule has 0 aliphatic carbocycles. The normalized spacial score (nSPS) is 12.0. The van der Waals surface area contributed by atoms with E-state index in [0.29, 0.717) is 59.3 Å². The summed E-state index contributed by atoms with van der Waals surface area (Å²) in [5, 5.41) is 0. The molecule has 0 heterocycles. The first-order valence-electron chi connectivity index (χ1n) is 6.02. The Labute approximate surface area is 104 Å². The zero-order valence-corrected chi connectivity index (χ0v) is 10.8. The van der Waals surface area contributed by atoms with Crippen molar-refractivity contribution in [1.29, 1.82) is 0 Å².